The predicted octanol–water partition coefficient (Wildman–Crippen LogP) is 1.31. The van der Waals surface area contributed by atoms with Crippen molar-refractivity contribution >= 4 is 11.3 Å². The molecular weight excluding hydrogens is 174 g/mol. The van der Waals surface area contributed by atoms with E-state index in [9.17, 15) is 0 Å². The first kappa shape index (κ1) is 7.17. The number of rotatable bonds is 1. The van der Waals surface area contributed by atoms with Crippen molar-refractivity contribution in [2.24, 2.45) is 0 Å². The van der Waals surface area contributed by atoms with Crippen molar-refractivity contribution in [2.75, 3.05) is 0 Å². The summed E-state index contributed by atoms with van der Waals surface area (Å²) in [5.41, 5.74) is 0.822. The molecule has 0 bridgehead atoms. The van der Waals surface area contributed by atoms with Crippen LogP contribution in [0.5, 0.6) is 5.88 Å². The summed E-state index contributed by atoms with van der Waals surface area (Å²) >= 11 is 1.36. The molecule has 5 heteroatoms. The number of hydrogen-bond donors (Lipinski definition) is 1. The van der Waals surface area contributed by atoms with Gasteiger partial charge < -0.3 is 5.11 Å². The van der Waals surface area contributed by atoms with Crippen molar-refractivity contribution in [1.29, 1.82) is 0 Å². The van der Waals surface area contributed by atoms with Crippen LogP contribution in [0.25, 0.3) is 10.6 Å². The van der Waals surface area contributed by atoms with Crippen molar-refractivity contribution < 1.29 is 5.11 Å². The average molecular weight is 179 g/mol. The molecule has 0 fully saturated rings. The monoisotopic (exact) mass is 179 g/mol. The summed E-state index contributed by atoms with van der Waals surface area (Å²) < 4.78 is 0. The maximum Gasteiger partial charge on any atom is 0.222 e. The molecule has 2 rings (SSSR count). The van der Waals surface area contributed by atoms with Gasteiger partial charge in [0.1, 0.15) is 11.3 Å². The Morgan fingerprint density at radius 1 is 1.25 bits per heavy atom. The van der Waals surface area contributed by atoms with Gasteiger partial charge in [-0.25, -0.2) is 15.0 Å². The summed E-state index contributed by atoms with van der Waals surface area (Å²) in [7, 11) is 0. The minimum absolute atomic E-state index is 0.0406. The molecule has 60 valence electrons. The van der Waals surface area contributed by atoms with E-state index in [4.69, 9.17) is 5.11 Å². The quantitative estimate of drug-likeness (QED) is 0.717. The van der Waals surface area contributed by atoms with Crippen LogP contribution < -0.4 is 0 Å². The third-order valence-corrected chi connectivity index (χ3v) is 2.18. The van der Waals surface area contributed by atoms with Crippen molar-refractivity contribution in [3.8, 4) is 16.5 Å². The first-order valence-electron chi connectivity index (χ1n) is 3.26. The maximum absolute atomic E-state index is 8.97. The third kappa shape index (κ3) is 1.26. The van der Waals surface area contributed by atoms with Gasteiger partial charge in [0.05, 0.1) is 5.38 Å². The van der Waals surface area contributed by atoms with Gasteiger partial charge in [0.25, 0.3) is 0 Å². The van der Waals surface area contributed by atoms with Crippen LogP contribution >= 0.6 is 11.3 Å². The summed E-state index contributed by atoms with van der Waals surface area (Å²) in [5, 5.41) is 11.3. The van der Waals surface area contributed by atoms with Crippen LogP contribution in [-0.4, -0.2) is 20.1 Å². The molecule has 0 unspecified atom stereocenters. The fourth-order valence-electron chi connectivity index (χ4n) is 0.807. The first-order valence-corrected chi connectivity index (χ1v) is 4.14. The lowest BCUT2D eigenvalue weighted by atomic mass is 10.4. The molecule has 4 nitrogen and oxygen atoms in total. The van der Waals surface area contributed by atoms with Crippen LogP contribution in [0.1, 0.15) is 0 Å². The number of thiazole rings is 1. The molecule has 12 heavy (non-hydrogen) atoms. The Morgan fingerprint density at radius 2 is 2.00 bits per heavy atom. The Morgan fingerprint density at radius 3 is 2.58 bits per heavy atom. The zero-order valence-corrected chi connectivity index (χ0v) is 6.82. The summed E-state index contributed by atoms with van der Waals surface area (Å²) in [6, 6.07) is 0. The Kier molecular flexibility index (Phi) is 1.71. The van der Waals surface area contributed by atoms with Crippen molar-refractivity contribution in [1.82, 2.24) is 15.0 Å². The van der Waals surface area contributed by atoms with Crippen LogP contribution in [0.2, 0.25) is 0 Å². The highest BCUT2D eigenvalue weighted by molar-refractivity contribution is 7.13. The van der Waals surface area contributed by atoms with Crippen molar-refractivity contribution in [3.05, 3.63) is 24.1 Å². The number of nitrogens with zero attached hydrogens (tertiary/aromatic N) is 3. The molecule has 0 aromatic carbocycles. The minimum atomic E-state index is 0.0406. The van der Waals surface area contributed by atoms with Crippen molar-refractivity contribution in [3.63, 3.8) is 0 Å². The highest BCUT2D eigenvalue weighted by Gasteiger charge is 2.02. The van der Waals surface area contributed by atoms with Crippen LogP contribution in [0.15, 0.2) is 24.1 Å². The smallest absolute Gasteiger partial charge is 0.222 e. The number of hydrogen-bond acceptors (Lipinski definition) is 5. The molecule has 0 radical (unpaired) electrons. The second-order valence-electron chi connectivity index (χ2n) is 2.14. The molecule has 1 N–H and O–H groups in total. The topological polar surface area (TPSA) is 58.9 Å². The zero-order chi connectivity index (χ0) is 8.39. The molecule has 0 saturated heterocycles. The van der Waals surface area contributed by atoms with E-state index >= 15 is 0 Å². The minimum Gasteiger partial charge on any atom is -0.493 e. The van der Waals surface area contributed by atoms with Gasteiger partial charge in [0, 0.05) is 18.0 Å². The molecule has 0 saturated carbocycles. The Labute approximate surface area is 72.6 Å². The van der Waals surface area contributed by atoms with E-state index < -0.39 is 0 Å². The second kappa shape index (κ2) is 2.86. The highest BCUT2D eigenvalue weighted by atomic mass is 32.1. The van der Waals surface area contributed by atoms with Crippen LogP contribution in [0, 0.1) is 0 Å². The Hall–Kier alpha value is -1.49. The maximum atomic E-state index is 8.97. The molecule has 0 spiro atoms. The summed E-state index contributed by atoms with van der Waals surface area (Å²) in [6.07, 6.45) is 4.77. The summed E-state index contributed by atoms with van der Waals surface area (Å²) in [6.45, 7) is 0. The van der Waals surface area contributed by atoms with Gasteiger partial charge in [-0.05, 0) is 0 Å². The fraction of sp³-hybridized carbons (Fsp3) is 0. The predicted molar refractivity (Wildman–Crippen MR) is 44.8 cm³/mol. The van der Waals surface area contributed by atoms with E-state index in [0.717, 1.165) is 10.6 Å². The van der Waals surface area contributed by atoms with Crippen LogP contribution in [0.4, 0.5) is 0 Å². The Balaban J connectivity index is 2.45. The molecule has 0 atom stereocenters. The van der Waals surface area contributed by atoms with Gasteiger partial charge in [-0.2, -0.15) is 0 Å². The number of aromatic hydroxyl groups is 1. The molecule has 0 aliphatic heterocycles. The van der Waals surface area contributed by atoms with E-state index in [1.54, 1.807) is 17.8 Å². The zero-order valence-electron chi connectivity index (χ0n) is 6.01. The lowest BCUT2D eigenvalue weighted by molar-refractivity contribution is 0.458. The highest BCUT2D eigenvalue weighted by Crippen LogP contribution is 2.24. The van der Waals surface area contributed by atoms with Crippen molar-refractivity contribution in [2.45, 2.75) is 0 Å². The van der Waals surface area contributed by atoms with Gasteiger partial charge in [0.15, 0.2) is 0 Å². The van der Waals surface area contributed by atoms with E-state index in [2.05, 4.69) is 15.0 Å². The molecule has 0 amide bonds. The van der Waals surface area contributed by atoms with Gasteiger partial charge in [-0.1, -0.05) is 0 Å². The lowest BCUT2D eigenvalue weighted by Crippen LogP contribution is -1.79. The van der Waals surface area contributed by atoms with Gasteiger partial charge in [-0.15, -0.1) is 11.3 Å². The van der Waals surface area contributed by atoms with E-state index in [1.807, 2.05) is 0 Å². The molecular formula is C7H5N3OS. The normalized spacial score (nSPS) is 10.0. The largest absolute Gasteiger partial charge is 0.493 e. The van der Waals surface area contributed by atoms with Gasteiger partial charge in [0.2, 0.25) is 5.88 Å². The molecule has 2 aromatic rings. The van der Waals surface area contributed by atoms with Gasteiger partial charge >= 0.3 is 0 Å². The fourth-order valence-corrected chi connectivity index (χ4v) is 1.46. The first-order chi connectivity index (χ1) is 5.86. The van der Waals surface area contributed by atoms with Crippen LogP contribution in [0.3, 0.4) is 0 Å². The summed E-state index contributed by atoms with van der Waals surface area (Å²) in [4.78, 5) is 11.6. The second-order valence-corrected chi connectivity index (χ2v) is 3.00. The molecule has 2 heterocycles. The Bertz CT molecular complexity index is 373. The summed E-state index contributed by atoms with van der Waals surface area (Å²) in [5.74, 6) is 0.0406. The lowest BCUT2D eigenvalue weighted by Gasteiger charge is -1.90. The van der Waals surface area contributed by atoms with Gasteiger partial charge in [-0.3, -0.25) is 0 Å². The molecule has 0 aliphatic carbocycles. The standard InChI is InChI=1S/C7H5N3OS/c11-6-3-12-7(10-6)5-1-8-4-9-2-5/h1-4,11H. The van der Waals surface area contributed by atoms with E-state index in [0.29, 0.717) is 0 Å². The van der Waals surface area contributed by atoms with E-state index in [-0.39, 0.29) is 5.88 Å². The molecule has 2 aromatic heterocycles. The average Bonchev–Trinajstić information content (AvgIpc) is 2.54. The van der Waals surface area contributed by atoms with E-state index in [1.165, 1.54) is 17.7 Å². The number of aromatic nitrogens is 3. The SMILES string of the molecule is Oc1csc(-c2cncnc2)n1. The third-order valence-electron chi connectivity index (χ3n) is 1.30. The molecule has 0 aliphatic rings. The van der Waals surface area contributed by atoms with Crippen LogP contribution in [-0.2, 0) is 0 Å².